The third kappa shape index (κ3) is 3.40. The lowest BCUT2D eigenvalue weighted by Gasteiger charge is -2.27. The van der Waals surface area contributed by atoms with Crippen LogP contribution in [0.15, 0.2) is 24.3 Å². The zero-order chi connectivity index (χ0) is 14.4. The van der Waals surface area contributed by atoms with Gasteiger partial charge in [0.2, 0.25) is 0 Å². The Morgan fingerprint density at radius 3 is 2.40 bits per heavy atom. The molecule has 0 radical (unpaired) electrons. The number of methoxy groups -OCH3 is 1. The average molecular weight is 276 g/mol. The monoisotopic (exact) mass is 276 g/mol. The number of benzene rings is 1. The number of carbonyl (C=O) groups excluding carboxylic acids is 1. The predicted octanol–water partition coefficient (Wildman–Crippen LogP) is 3.55. The molecule has 0 aliphatic heterocycles. The van der Waals surface area contributed by atoms with E-state index in [0.29, 0.717) is 13.0 Å². The molecule has 20 heavy (non-hydrogen) atoms. The van der Waals surface area contributed by atoms with Crippen LogP contribution >= 0.6 is 0 Å². The van der Waals surface area contributed by atoms with Crippen LogP contribution in [0.25, 0.3) is 0 Å². The second-order valence-corrected chi connectivity index (χ2v) is 5.41. The predicted molar refractivity (Wildman–Crippen MR) is 79.1 cm³/mol. The molecule has 1 aliphatic rings. The first kappa shape index (κ1) is 15.0. The molecule has 2 rings (SSSR count). The van der Waals surface area contributed by atoms with E-state index in [1.807, 2.05) is 31.2 Å². The van der Waals surface area contributed by atoms with Crippen molar-refractivity contribution in [2.45, 2.75) is 51.0 Å². The van der Waals surface area contributed by atoms with E-state index in [-0.39, 0.29) is 5.78 Å². The highest BCUT2D eigenvalue weighted by atomic mass is 16.5. The summed E-state index contributed by atoms with van der Waals surface area (Å²) in [6.07, 6.45) is 5.33. The van der Waals surface area contributed by atoms with E-state index >= 15 is 0 Å². The molecule has 0 bridgehead atoms. The Hall–Kier alpha value is -1.35. The van der Waals surface area contributed by atoms with Crippen LogP contribution in [0.2, 0.25) is 0 Å². The van der Waals surface area contributed by atoms with Gasteiger partial charge in [-0.2, -0.15) is 0 Å². The highest BCUT2D eigenvalue weighted by Gasteiger charge is 2.40. The fourth-order valence-corrected chi connectivity index (χ4v) is 3.00. The van der Waals surface area contributed by atoms with Gasteiger partial charge in [-0.3, -0.25) is 4.79 Å². The second kappa shape index (κ2) is 6.89. The third-order valence-corrected chi connectivity index (χ3v) is 4.14. The van der Waals surface area contributed by atoms with Crippen molar-refractivity contribution in [3.8, 4) is 5.75 Å². The fraction of sp³-hybridized carbons (Fsp3) is 0.588. The van der Waals surface area contributed by atoms with Gasteiger partial charge in [-0.05, 0) is 56.7 Å². The molecule has 1 aliphatic carbocycles. The zero-order valence-corrected chi connectivity index (χ0v) is 12.5. The lowest BCUT2D eigenvalue weighted by atomic mass is 9.91. The number of ether oxygens (including phenoxy) is 2. The summed E-state index contributed by atoms with van der Waals surface area (Å²) in [5.41, 5.74) is 0.685. The Kier molecular flexibility index (Phi) is 5.18. The second-order valence-electron chi connectivity index (χ2n) is 5.41. The number of rotatable bonds is 7. The molecule has 0 N–H and O–H groups in total. The first-order chi connectivity index (χ1) is 9.70. The van der Waals surface area contributed by atoms with Gasteiger partial charge in [-0.25, -0.2) is 0 Å². The first-order valence-corrected chi connectivity index (χ1v) is 7.50. The molecule has 1 aromatic carbocycles. The van der Waals surface area contributed by atoms with Crippen LogP contribution in [0.5, 0.6) is 5.75 Å². The molecule has 3 heteroatoms. The Bertz CT molecular complexity index is 430. The maximum Gasteiger partial charge on any atom is 0.164 e. The summed E-state index contributed by atoms with van der Waals surface area (Å²) < 4.78 is 10.9. The van der Waals surface area contributed by atoms with Gasteiger partial charge < -0.3 is 9.47 Å². The molecule has 3 nitrogen and oxygen atoms in total. The van der Waals surface area contributed by atoms with Crippen LogP contribution in [0, 0.1) is 0 Å². The van der Waals surface area contributed by atoms with Gasteiger partial charge >= 0.3 is 0 Å². The lowest BCUT2D eigenvalue weighted by molar-refractivity contribution is -0.143. The van der Waals surface area contributed by atoms with E-state index in [1.165, 1.54) is 5.56 Å². The average Bonchev–Trinajstić information content (AvgIpc) is 2.95. The molecular weight excluding hydrogens is 252 g/mol. The minimum absolute atomic E-state index is 0.271. The minimum atomic E-state index is -0.485. The number of carbonyl (C=O) groups is 1. The summed E-state index contributed by atoms with van der Waals surface area (Å²) in [4.78, 5) is 12.5. The topological polar surface area (TPSA) is 35.5 Å². The summed E-state index contributed by atoms with van der Waals surface area (Å²) >= 11 is 0. The normalized spacial score (nSPS) is 17.1. The van der Waals surface area contributed by atoms with Crippen molar-refractivity contribution >= 4 is 5.78 Å². The molecular formula is C17H24O3. The standard InChI is InChI=1S/C17H24O3/c1-3-20-17(12-4-5-13-17)16(18)11-8-14-6-9-15(19-2)10-7-14/h6-7,9-10H,3-5,8,11-13H2,1-2H3. The quantitative estimate of drug-likeness (QED) is 0.764. The molecule has 0 aromatic heterocycles. The van der Waals surface area contributed by atoms with Gasteiger partial charge in [0.25, 0.3) is 0 Å². The Morgan fingerprint density at radius 2 is 1.85 bits per heavy atom. The van der Waals surface area contributed by atoms with E-state index < -0.39 is 5.60 Å². The van der Waals surface area contributed by atoms with Crippen molar-refractivity contribution in [1.29, 1.82) is 0 Å². The van der Waals surface area contributed by atoms with Gasteiger partial charge in [-0.1, -0.05) is 12.1 Å². The summed E-state index contributed by atoms with van der Waals surface area (Å²) in [6.45, 7) is 2.59. The molecule has 0 unspecified atom stereocenters. The van der Waals surface area contributed by atoms with Crippen LogP contribution in [0.1, 0.15) is 44.6 Å². The molecule has 110 valence electrons. The highest BCUT2D eigenvalue weighted by Crippen LogP contribution is 2.35. The van der Waals surface area contributed by atoms with Crippen molar-refractivity contribution in [1.82, 2.24) is 0 Å². The largest absolute Gasteiger partial charge is 0.497 e. The van der Waals surface area contributed by atoms with Crippen molar-refractivity contribution in [3.63, 3.8) is 0 Å². The number of hydrogen-bond acceptors (Lipinski definition) is 3. The van der Waals surface area contributed by atoms with Gasteiger partial charge in [0.1, 0.15) is 11.4 Å². The smallest absolute Gasteiger partial charge is 0.164 e. The fourth-order valence-electron chi connectivity index (χ4n) is 3.00. The lowest BCUT2D eigenvalue weighted by Crippen LogP contribution is -2.39. The zero-order valence-electron chi connectivity index (χ0n) is 12.5. The molecule has 0 amide bonds. The number of Topliss-reactive ketones (excluding diaryl/α,β-unsaturated/α-hetero) is 1. The van der Waals surface area contributed by atoms with Gasteiger partial charge in [0, 0.05) is 13.0 Å². The first-order valence-electron chi connectivity index (χ1n) is 7.50. The van der Waals surface area contributed by atoms with Gasteiger partial charge in [0.05, 0.1) is 7.11 Å². The van der Waals surface area contributed by atoms with Crippen LogP contribution in [0.4, 0.5) is 0 Å². The number of aryl methyl sites for hydroxylation is 1. The molecule has 0 heterocycles. The Morgan fingerprint density at radius 1 is 1.20 bits per heavy atom. The van der Waals surface area contributed by atoms with Crippen LogP contribution in [0.3, 0.4) is 0 Å². The summed E-state index contributed by atoms with van der Waals surface area (Å²) in [7, 11) is 1.66. The summed E-state index contributed by atoms with van der Waals surface area (Å²) in [5, 5.41) is 0. The van der Waals surface area contributed by atoms with E-state index in [4.69, 9.17) is 9.47 Å². The Labute approximate surface area is 121 Å². The maximum absolute atomic E-state index is 12.5. The van der Waals surface area contributed by atoms with Crippen LogP contribution in [-0.2, 0) is 16.0 Å². The van der Waals surface area contributed by atoms with Gasteiger partial charge in [0.15, 0.2) is 5.78 Å². The van der Waals surface area contributed by atoms with Crippen molar-refractivity contribution < 1.29 is 14.3 Å². The van der Waals surface area contributed by atoms with Crippen LogP contribution in [-0.4, -0.2) is 25.1 Å². The van der Waals surface area contributed by atoms with E-state index in [2.05, 4.69) is 0 Å². The maximum atomic E-state index is 12.5. The minimum Gasteiger partial charge on any atom is -0.497 e. The molecule has 1 saturated carbocycles. The Balaban J connectivity index is 1.93. The molecule has 0 atom stereocenters. The van der Waals surface area contributed by atoms with Crippen molar-refractivity contribution in [3.05, 3.63) is 29.8 Å². The van der Waals surface area contributed by atoms with Crippen LogP contribution < -0.4 is 4.74 Å². The molecule has 1 fully saturated rings. The highest BCUT2D eigenvalue weighted by molar-refractivity contribution is 5.87. The molecule has 0 saturated heterocycles. The van der Waals surface area contributed by atoms with E-state index in [0.717, 1.165) is 37.9 Å². The number of hydrogen-bond donors (Lipinski definition) is 0. The molecule has 0 spiro atoms. The van der Waals surface area contributed by atoms with Gasteiger partial charge in [-0.15, -0.1) is 0 Å². The van der Waals surface area contributed by atoms with E-state index in [9.17, 15) is 4.79 Å². The third-order valence-electron chi connectivity index (χ3n) is 4.14. The number of ketones is 1. The molecule has 1 aromatic rings. The van der Waals surface area contributed by atoms with Crippen molar-refractivity contribution in [2.24, 2.45) is 0 Å². The summed E-state index contributed by atoms with van der Waals surface area (Å²) in [6, 6.07) is 7.92. The van der Waals surface area contributed by atoms with Crippen molar-refractivity contribution in [2.75, 3.05) is 13.7 Å². The SMILES string of the molecule is CCOC1(C(=O)CCc2ccc(OC)cc2)CCCC1. The summed E-state index contributed by atoms with van der Waals surface area (Å²) in [5.74, 6) is 1.12. The van der Waals surface area contributed by atoms with E-state index in [1.54, 1.807) is 7.11 Å².